The van der Waals surface area contributed by atoms with Crippen molar-refractivity contribution in [1.29, 1.82) is 0 Å². The average molecular weight is 424 g/mol. The van der Waals surface area contributed by atoms with Crippen molar-refractivity contribution in [3.05, 3.63) is 35.9 Å². The number of carbonyl (C=O) groups is 2. The summed E-state index contributed by atoms with van der Waals surface area (Å²) in [4.78, 5) is 23.4. The minimum Gasteiger partial charge on any atom is -0.469 e. The molecule has 0 spiro atoms. The number of esters is 2. The number of unbranched alkanes of at least 4 members (excludes halogenated alkanes) is 5. The maximum absolute atomic E-state index is 12.3. The van der Waals surface area contributed by atoms with Crippen molar-refractivity contribution in [2.75, 3.05) is 20.3 Å². The van der Waals surface area contributed by atoms with E-state index in [1.54, 1.807) is 30.3 Å². The van der Waals surface area contributed by atoms with Crippen LogP contribution in [0.5, 0.6) is 0 Å². The van der Waals surface area contributed by atoms with Gasteiger partial charge in [0.05, 0.1) is 19.3 Å². The Balaban J connectivity index is 1.69. The second-order valence-electron chi connectivity index (χ2n) is 7.27. The van der Waals surface area contributed by atoms with Gasteiger partial charge in [0.25, 0.3) is 0 Å². The Morgan fingerprint density at radius 3 is 2.37 bits per heavy atom. The summed E-state index contributed by atoms with van der Waals surface area (Å²) in [6.07, 6.45) is 2.08. The number of hydrogen-bond donors (Lipinski definition) is 2. The largest absolute Gasteiger partial charge is 0.469 e. The van der Waals surface area contributed by atoms with Gasteiger partial charge in [-0.1, -0.05) is 43.9 Å². The molecular weight excluding hydrogens is 392 g/mol. The number of carbonyl (C=O) groups excluding carboxylic acids is 2. The van der Waals surface area contributed by atoms with Crippen LogP contribution in [0.15, 0.2) is 30.3 Å². The number of benzene rings is 1. The van der Waals surface area contributed by atoms with Gasteiger partial charge in [-0.3, -0.25) is 4.79 Å². The van der Waals surface area contributed by atoms with E-state index in [1.807, 2.05) is 0 Å². The summed E-state index contributed by atoms with van der Waals surface area (Å²) in [6, 6.07) is 8.47. The molecule has 8 nitrogen and oxygen atoms in total. The molecule has 1 fully saturated rings. The molecule has 1 aliphatic rings. The third-order valence-electron chi connectivity index (χ3n) is 5.01. The first kappa shape index (κ1) is 24.3. The lowest BCUT2D eigenvalue weighted by molar-refractivity contribution is -0.170. The van der Waals surface area contributed by atoms with Crippen LogP contribution in [-0.2, 0) is 23.7 Å². The summed E-state index contributed by atoms with van der Waals surface area (Å²) in [7, 11) is 1.39. The first-order chi connectivity index (χ1) is 14.6. The summed E-state index contributed by atoms with van der Waals surface area (Å²) in [5.74, 6) is -0.756. The van der Waals surface area contributed by atoms with Gasteiger partial charge in [-0.15, -0.1) is 0 Å². The van der Waals surface area contributed by atoms with Gasteiger partial charge in [-0.2, -0.15) is 0 Å². The fourth-order valence-electron chi connectivity index (χ4n) is 3.26. The zero-order chi connectivity index (χ0) is 21.8. The molecule has 0 amide bonds. The molecule has 1 aromatic carbocycles. The van der Waals surface area contributed by atoms with Crippen molar-refractivity contribution < 1.29 is 38.7 Å². The Morgan fingerprint density at radius 1 is 1.03 bits per heavy atom. The van der Waals surface area contributed by atoms with E-state index in [1.165, 1.54) is 7.11 Å². The number of methoxy groups -OCH3 is 1. The summed E-state index contributed by atoms with van der Waals surface area (Å²) >= 11 is 0. The molecule has 0 unspecified atom stereocenters. The van der Waals surface area contributed by atoms with Gasteiger partial charge in [-0.25, -0.2) is 4.79 Å². The quantitative estimate of drug-likeness (QED) is 0.366. The molecule has 4 atom stereocenters. The number of aliphatic hydroxyl groups is 2. The van der Waals surface area contributed by atoms with Crippen LogP contribution in [0.2, 0.25) is 0 Å². The highest BCUT2D eigenvalue weighted by atomic mass is 16.7. The summed E-state index contributed by atoms with van der Waals surface area (Å²) in [6.45, 7) is -0.0108. The molecule has 1 heterocycles. The van der Waals surface area contributed by atoms with Crippen LogP contribution >= 0.6 is 0 Å². The third kappa shape index (κ3) is 7.68. The van der Waals surface area contributed by atoms with Crippen molar-refractivity contribution in [1.82, 2.24) is 0 Å². The Bertz CT molecular complexity index is 635. The van der Waals surface area contributed by atoms with Crippen LogP contribution in [0.25, 0.3) is 0 Å². The zero-order valence-electron chi connectivity index (χ0n) is 17.4. The summed E-state index contributed by atoms with van der Waals surface area (Å²) in [5, 5.41) is 19.7. The van der Waals surface area contributed by atoms with E-state index < -0.39 is 37.2 Å². The van der Waals surface area contributed by atoms with Crippen molar-refractivity contribution in [2.24, 2.45) is 0 Å². The maximum Gasteiger partial charge on any atom is 0.338 e. The first-order valence-corrected chi connectivity index (χ1v) is 10.5. The van der Waals surface area contributed by atoms with Gasteiger partial charge < -0.3 is 29.2 Å². The fraction of sp³-hybridized carbons (Fsp3) is 0.636. The lowest BCUT2D eigenvalue weighted by atomic mass is 10.1. The van der Waals surface area contributed by atoms with Gasteiger partial charge in [0, 0.05) is 13.0 Å². The van der Waals surface area contributed by atoms with E-state index in [0.717, 1.165) is 38.5 Å². The monoisotopic (exact) mass is 424 g/mol. The van der Waals surface area contributed by atoms with Crippen molar-refractivity contribution >= 4 is 11.9 Å². The molecule has 1 aromatic rings. The lowest BCUT2D eigenvalue weighted by Crippen LogP contribution is -2.39. The van der Waals surface area contributed by atoms with Crippen LogP contribution in [0, 0.1) is 0 Å². The summed E-state index contributed by atoms with van der Waals surface area (Å²) in [5.41, 5.74) is 0.364. The molecular formula is C22H32O8. The second kappa shape index (κ2) is 13.3. The minimum absolute atomic E-state index is 0.175. The van der Waals surface area contributed by atoms with Gasteiger partial charge in [0.2, 0.25) is 0 Å². The van der Waals surface area contributed by atoms with Crippen molar-refractivity contribution in [3.8, 4) is 0 Å². The second-order valence-corrected chi connectivity index (χ2v) is 7.27. The SMILES string of the molecule is COC(=O)CCCCCCCCO[C@H]1O[C@H](CO)[C@@H](O)[C@@H]1OC(=O)c1ccccc1. The van der Waals surface area contributed by atoms with Crippen LogP contribution in [0.4, 0.5) is 0 Å². The zero-order valence-corrected chi connectivity index (χ0v) is 17.4. The van der Waals surface area contributed by atoms with E-state index >= 15 is 0 Å². The topological polar surface area (TPSA) is 112 Å². The van der Waals surface area contributed by atoms with E-state index in [2.05, 4.69) is 4.74 Å². The molecule has 168 valence electrons. The maximum atomic E-state index is 12.3. The molecule has 0 aromatic heterocycles. The number of rotatable bonds is 13. The van der Waals surface area contributed by atoms with Gasteiger partial charge in [0.15, 0.2) is 12.4 Å². The number of hydrogen-bond acceptors (Lipinski definition) is 8. The van der Waals surface area contributed by atoms with E-state index in [9.17, 15) is 19.8 Å². The molecule has 0 saturated carbocycles. The molecule has 0 bridgehead atoms. The molecule has 0 radical (unpaired) electrons. The van der Waals surface area contributed by atoms with Crippen LogP contribution in [-0.4, -0.2) is 67.1 Å². The Labute approximate surface area is 177 Å². The fourth-order valence-corrected chi connectivity index (χ4v) is 3.26. The van der Waals surface area contributed by atoms with Crippen LogP contribution in [0.1, 0.15) is 55.3 Å². The van der Waals surface area contributed by atoms with E-state index in [4.69, 9.17) is 14.2 Å². The third-order valence-corrected chi connectivity index (χ3v) is 5.01. The Hall–Kier alpha value is -2.00. The van der Waals surface area contributed by atoms with Crippen LogP contribution in [0.3, 0.4) is 0 Å². The molecule has 1 aliphatic heterocycles. The minimum atomic E-state index is -1.16. The van der Waals surface area contributed by atoms with Crippen molar-refractivity contribution in [2.45, 2.75) is 69.5 Å². The molecule has 2 rings (SSSR count). The standard InChI is InChI=1S/C22H32O8/c1-27-18(24)13-9-4-2-3-5-10-14-28-22-20(19(25)17(15-23)29-22)30-21(26)16-11-7-6-8-12-16/h6-8,11-12,17,19-20,22-23,25H,2-5,9-10,13-15H2,1H3/t17-,19-,20+,22+/m1/s1. The average Bonchev–Trinajstić information content (AvgIpc) is 3.07. The molecule has 1 saturated heterocycles. The highest BCUT2D eigenvalue weighted by Gasteiger charge is 2.46. The van der Waals surface area contributed by atoms with Crippen LogP contribution < -0.4 is 0 Å². The first-order valence-electron chi connectivity index (χ1n) is 10.5. The predicted molar refractivity (Wildman–Crippen MR) is 108 cm³/mol. The predicted octanol–water partition coefficient (Wildman–Crippen LogP) is 2.21. The highest BCUT2D eigenvalue weighted by Crippen LogP contribution is 2.26. The number of aliphatic hydroxyl groups excluding tert-OH is 2. The van der Waals surface area contributed by atoms with Gasteiger partial charge >= 0.3 is 11.9 Å². The van der Waals surface area contributed by atoms with E-state index in [-0.39, 0.29) is 5.97 Å². The smallest absolute Gasteiger partial charge is 0.338 e. The van der Waals surface area contributed by atoms with E-state index in [0.29, 0.717) is 18.6 Å². The van der Waals surface area contributed by atoms with Gasteiger partial charge in [0.1, 0.15) is 12.2 Å². The highest BCUT2D eigenvalue weighted by molar-refractivity contribution is 5.89. The lowest BCUT2D eigenvalue weighted by Gasteiger charge is -2.21. The molecule has 0 aliphatic carbocycles. The van der Waals surface area contributed by atoms with Crippen molar-refractivity contribution in [3.63, 3.8) is 0 Å². The Kier molecular flexibility index (Phi) is 10.8. The molecule has 8 heteroatoms. The number of ether oxygens (including phenoxy) is 4. The molecule has 2 N–H and O–H groups in total. The summed E-state index contributed by atoms with van der Waals surface area (Å²) < 4.78 is 21.2. The molecule has 30 heavy (non-hydrogen) atoms. The normalized spacial score (nSPS) is 23.3. The van der Waals surface area contributed by atoms with Gasteiger partial charge in [-0.05, 0) is 25.0 Å². The Morgan fingerprint density at radius 2 is 1.70 bits per heavy atom.